The van der Waals surface area contributed by atoms with Gasteiger partial charge >= 0.3 is 0 Å². The molecule has 102 valence electrons. The summed E-state index contributed by atoms with van der Waals surface area (Å²) in [6, 6.07) is 14.9. The molecule has 0 fully saturated rings. The maximum Gasteiger partial charge on any atom is 0.126 e. The summed E-state index contributed by atoms with van der Waals surface area (Å²) in [5.41, 5.74) is 2.05. The van der Waals surface area contributed by atoms with Crippen LogP contribution in [0.25, 0.3) is 22.0 Å². The van der Waals surface area contributed by atoms with Gasteiger partial charge in [-0.2, -0.15) is 0 Å². The maximum atomic E-state index is 4.50. The first-order chi connectivity index (χ1) is 9.60. The van der Waals surface area contributed by atoms with Crippen molar-refractivity contribution in [2.24, 2.45) is 0 Å². The van der Waals surface area contributed by atoms with Crippen molar-refractivity contribution in [1.29, 1.82) is 0 Å². The number of benzene rings is 2. The first-order valence-electron chi connectivity index (χ1n) is 6.84. The third kappa shape index (κ3) is 2.21. The molecule has 0 amide bonds. The predicted molar refractivity (Wildman–Crippen MR) is 83.6 cm³/mol. The Labute approximate surface area is 119 Å². The van der Waals surface area contributed by atoms with Gasteiger partial charge in [-0.25, -0.2) is 4.98 Å². The molecule has 0 radical (unpaired) electrons. The lowest BCUT2D eigenvalue weighted by Gasteiger charge is -2.20. The molecule has 0 aliphatic carbocycles. The molecule has 2 aromatic carbocycles. The Morgan fingerprint density at radius 2 is 1.80 bits per heavy atom. The molecule has 0 spiro atoms. The van der Waals surface area contributed by atoms with Crippen LogP contribution in [0.2, 0.25) is 0 Å². The Morgan fingerprint density at radius 1 is 1.05 bits per heavy atom. The van der Waals surface area contributed by atoms with Crippen molar-refractivity contribution >= 4 is 10.8 Å². The van der Waals surface area contributed by atoms with E-state index in [9.17, 15) is 0 Å². The van der Waals surface area contributed by atoms with Crippen molar-refractivity contribution in [3.63, 3.8) is 0 Å². The molecule has 0 saturated heterocycles. The number of nitrogens with one attached hydrogen (secondary N) is 2. The van der Waals surface area contributed by atoms with Gasteiger partial charge in [0.1, 0.15) is 5.82 Å². The highest BCUT2D eigenvalue weighted by Crippen LogP contribution is 2.25. The van der Waals surface area contributed by atoms with E-state index in [4.69, 9.17) is 0 Å². The van der Waals surface area contributed by atoms with Gasteiger partial charge in [-0.1, -0.05) is 36.4 Å². The van der Waals surface area contributed by atoms with Gasteiger partial charge in [-0.3, -0.25) is 0 Å². The Balaban J connectivity index is 2.03. The Bertz CT molecular complexity index is 741. The van der Waals surface area contributed by atoms with E-state index in [2.05, 4.69) is 71.6 Å². The number of rotatable bonds is 3. The summed E-state index contributed by atoms with van der Waals surface area (Å²) in [4.78, 5) is 7.91. The van der Waals surface area contributed by atoms with Crippen molar-refractivity contribution in [2.75, 3.05) is 7.05 Å². The van der Waals surface area contributed by atoms with Gasteiger partial charge in [0.05, 0.1) is 17.4 Å². The van der Waals surface area contributed by atoms with Gasteiger partial charge in [0, 0.05) is 5.56 Å². The van der Waals surface area contributed by atoms with Crippen LogP contribution < -0.4 is 5.32 Å². The number of hydrogen-bond acceptors (Lipinski definition) is 2. The van der Waals surface area contributed by atoms with E-state index >= 15 is 0 Å². The molecular formula is C17H19N3. The summed E-state index contributed by atoms with van der Waals surface area (Å²) < 4.78 is 0. The minimum atomic E-state index is -0.158. The van der Waals surface area contributed by atoms with Gasteiger partial charge in [0.25, 0.3) is 0 Å². The Morgan fingerprint density at radius 3 is 2.55 bits per heavy atom. The fourth-order valence-corrected chi connectivity index (χ4v) is 2.26. The molecule has 1 heterocycles. The molecule has 1 aromatic heterocycles. The third-order valence-electron chi connectivity index (χ3n) is 3.85. The summed E-state index contributed by atoms with van der Waals surface area (Å²) in [6.45, 7) is 4.21. The molecule has 0 unspecified atom stereocenters. The lowest BCUT2D eigenvalue weighted by Crippen LogP contribution is -2.34. The van der Waals surface area contributed by atoms with E-state index in [0.29, 0.717) is 0 Å². The number of aromatic nitrogens is 2. The largest absolute Gasteiger partial charge is 0.340 e. The number of hydrogen-bond donors (Lipinski definition) is 2. The fraction of sp³-hybridized carbons (Fsp3) is 0.235. The lowest BCUT2D eigenvalue weighted by molar-refractivity contribution is 0.421. The van der Waals surface area contributed by atoms with Crippen LogP contribution in [0.3, 0.4) is 0 Å². The van der Waals surface area contributed by atoms with E-state index in [-0.39, 0.29) is 5.54 Å². The summed E-state index contributed by atoms with van der Waals surface area (Å²) in [7, 11) is 1.94. The topological polar surface area (TPSA) is 40.7 Å². The van der Waals surface area contributed by atoms with Crippen molar-refractivity contribution in [1.82, 2.24) is 15.3 Å². The van der Waals surface area contributed by atoms with Crippen LogP contribution >= 0.6 is 0 Å². The highest BCUT2D eigenvalue weighted by molar-refractivity contribution is 5.86. The Kier molecular flexibility index (Phi) is 3.07. The van der Waals surface area contributed by atoms with Crippen LogP contribution in [0.4, 0.5) is 0 Å². The minimum absolute atomic E-state index is 0.158. The van der Waals surface area contributed by atoms with Crippen LogP contribution in [0, 0.1) is 0 Å². The average molecular weight is 265 g/mol. The normalized spacial score (nSPS) is 11.9. The molecular weight excluding hydrogens is 246 g/mol. The van der Waals surface area contributed by atoms with E-state index in [1.807, 2.05) is 13.2 Å². The van der Waals surface area contributed by atoms with E-state index < -0.39 is 0 Å². The van der Waals surface area contributed by atoms with Crippen LogP contribution in [0.5, 0.6) is 0 Å². The van der Waals surface area contributed by atoms with Crippen molar-refractivity contribution < 1.29 is 0 Å². The zero-order chi connectivity index (χ0) is 14.2. The van der Waals surface area contributed by atoms with Gasteiger partial charge < -0.3 is 10.3 Å². The van der Waals surface area contributed by atoms with Gasteiger partial charge in [0.15, 0.2) is 0 Å². The van der Waals surface area contributed by atoms with E-state index in [1.165, 1.54) is 10.8 Å². The zero-order valence-corrected chi connectivity index (χ0v) is 12.1. The fourth-order valence-electron chi connectivity index (χ4n) is 2.26. The van der Waals surface area contributed by atoms with E-state index in [1.54, 1.807) is 0 Å². The predicted octanol–water partition coefficient (Wildman–Crippen LogP) is 3.68. The summed E-state index contributed by atoms with van der Waals surface area (Å²) in [6.07, 6.45) is 1.90. The van der Waals surface area contributed by atoms with Gasteiger partial charge in [-0.05, 0) is 37.7 Å². The SMILES string of the molecule is CNC(C)(C)c1ncc(-c2ccc3ccccc3c2)[nH]1. The Hall–Kier alpha value is -2.13. The number of imidazole rings is 1. The molecule has 0 saturated carbocycles. The van der Waals surface area contributed by atoms with Crippen LogP contribution in [-0.2, 0) is 5.54 Å². The smallest absolute Gasteiger partial charge is 0.126 e. The van der Waals surface area contributed by atoms with Crippen LogP contribution in [0.15, 0.2) is 48.7 Å². The molecule has 0 bridgehead atoms. The molecule has 20 heavy (non-hydrogen) atoms. The highest BCUT2D eigenvalue weighted by Gasteiger charge is 2.21. The summed E-state index contributed by atoms with van der Waals surface area (Å²) in [5, 5.41) is 5.76. The molecule has 0 atom stereocenters. The third-order valence-corrected chi connectivity index (χ3v) is 3.85. The second kappa shape index (κ2) is 4.76. The molecule has 2 N–H and O–H groups in total. The summed E-state index contributed by atoms with van der Waals surface area (Å²) >= 11 is 0. The average Bonchev–Trinajstić information content (AvgIpc) is 2.97. The number of H-pyrrole nitrogens is 1. The first kappa shape index (κ1) is 12.9. The number of aromatic amines is 1. The standard InChI is InChI=1S/C17H19N3/c1-17(2,18-3)16-19-11-15(20-16)14-9-8-12-6-4-5-7-13(12)10-14/h4-11,18H,1-3H3,(H,19,20). The molecule has 0 aliphatic heterocycles. The monoisotopic (exact) mass is 265 g/mol. The van der Waals surface area contributed by atoms with Gasteiger partial charge in [-0.15, -0.1) is 0 Å². The molecule has 3 rings (SSSR count). The molecule has 3 aromatic rings. The van der Waals surface area contributed by atoms with Crippen LogP contribution in [0.1, 0.15) is 19.7 Å². The maximum absolute atomic E-state index is 4.50. The van der Waals surface area contributed by atoms with E-state index in [0.717, 1.165) is 17.1 Å². The molecule has 3 heteroatoms. The van der Waals surface area contributed by atoms with Crippen molar-refractivity contribution in [2.45, 2.75) is 19.4 Å². The molecule has 3 nitrogen and oxygen atoms in total. The highest BCUT2D eigenvalue weighted by atomic mass is 15.0. The van der Waals surface area contributed by atoms with Crippen molar-refractivity contribution in [3.8, 4) is 11.3 Å². The second-order valence-corrected chi connectivity index (χ2v) is 5.58. The lowest BCUT2D eigenvalue weighted by atomic mass is 10.0. The number of fused-ring (bicyclic) bond motifs is 1. The van der Waals surface area contributed by atoms with Crippen molar-refractivity contribution in [3.05, 3.63) is 54.5 Å². The summed E-state index contributed by atoms with van der Waals surface area (Å²) in [5.74, 6) is 0.947. The van der Waals surface area contributed by atoms with Crippen LogP contribution in [-0.4, -0.2) is 17.0 Å². The minimum Gasteiger partial charge on any atom is -0.340 e. The molecule has 0 aliphatic rings. The zero-order valence-electron chi connectivity index (χ0n) is 12.1. The second-order valence-electron chi connectivity index (χ2n) is 5.58. The quantitative estimate of drug-likeness (QED) is 0.758. The number of nitrogens with zero attached hydrogens (tertiary/aromatic N) is 1. The van der Waals surface area contributed by atoms with Gasteiger partial charge in [0.2, 0.25) is 0 Å². The first-order valence-corrected chi connectivity index (χ1v) is 6.84.